The van der Waals surface area contributed by atoms with Gasteiger partial charge < -0.3 is 10.1 Å². The number of thiazole rings is 1. The molecular weight excluding hydrogens is 324 g/mol. The van der Waals surface area contributed by atoms with Gasteiger partial charge in [-0.1, -0.05) is 12.1 Å². The Morgan fingerprint density at radius 1 is 1.41 bits per heavy atom. The van der Waals surface area contributed by atoms with Crippen LogP contribution in [0.5, 0.6) is 5.75 Å². The zero-order valence-corrected chi connectivity index (χ0v) is 13.8. The smallest absolute Gasteiger partial charge is 0.243 e. The van der Waals surface area contributed by atoms with Crippen LogP contribution in [0.3, 0.4) is 0 Å². The van der Waals surface area contributed by atoms with Crippen molar-refractivity contribution in [2.45, 2.75) is 23.4 Å². The molecule has 1 heterocycles. The first kappa shape index (κ1) is 16.4. The third kappa shape index (κ3) is 3.45. The van der Waals surface area contributed by atoms with Crippen LogP contribution in [0.25, 0.3) is 0 Å². The van der Waals surface area contributed by atoms with Crippen molar-refractivity contribution in [2.24, 2.45) is 0 Å². The molecule has 0 spiro atoms. The molecule has 0 saturated carbocycles. The lowest BCUT2D eigenvalue weighted by Crippen LogP contribution is -2.32. The number of para-hydroxylation sites is 2. The van der Waals surface area contributed by atoms with Gasteiger partial charge in [0.25, 0.3) is 0 Å². The van der Waals surface area contributed by atoms with Gasteiger partial charge in [-0.2, -0.15) is 0 Å². The first-order valence-corrected chi connectivity index (χ1v) is 9.05. The van der Waals surface area contributed by atoms with E-state index in [4.69, 9.17) is 4.74 Å². The summed E-state index contributed by atoms with van der Waals surface area (Å²) in [6.07, 6.45) is 1.40. The van der Waals surface area contributed by atoms with E-state index in [0.29, 0.717) is 18.0 Å². The average Bonchev–Trinajstić information content (AvgIpc) is 3.03. The summed E-state index contributed by atoms with van der Waals surface area (Å²) < 4.78 is 29.9. The molecule has 6 nitrogen and oxygen atoms in total. The average molecular weight is 340 g/mol. The Morgan fingerprint density at radius 3 is 2.77 bits per heavy atom. The second-order valence-corrected chi connectivity index (χ2v) is 7.74. The van der Waals surface area contributed by atoms with Crippen LogP contribution in [0.15, 0.2) is 40.2 Å². The molecule has 0 saturated heterocycles. The fraction of sp³-hybridized carbons (Fsp3) is 0.286. The van der Waals surface area contributed by atoms with Gasteiger partial charge in [0.1, 0.15) is 11.0 Å². The summed E-state index contributed by atoms with van der Waals surface area (Å²) in [4.78, 5) is 16.0. The third-order valence-corrected chi connectivity index (χ3v) is 6.22. The SMILES string of the molecule is CCOc1ccccc1NC(=O)C(C)S(=O)(=O)c1nccs1. The maximum atomic E-state index is 12.3. The van der Waals surface area contributed by atoms with E-state index in [1.165, 1.54) is 13.1 Å². The lowest BCUT2D eigenvalue weighted by molar-refractivity contribution is -0.115. The van der Waals surface area contributed by atoms with Gasteiger partial charge >= 0.3 is 0 Å². The highest BCUT2D eigenvalue weighted by Gasteiger charge is 2.32. The van der Waals surface area contributed by atoms with Crippen molar-refractivity contribution in [1.82, 2.24) is 4.98 Å². The molecule has 0 aliphatic rings. The molecule has 0 aliphatic heterocycles. The molecule has 1 amide bonds. The number of sulfone groups is 1. The Bertz CT molecular complexity index is 742. The normalized spacial score (nSPS) is 12.6. The van der Waals surface area contributed by atoms with Gasteiger partial charge in [-0.05, 0) is 26.0 Å². The topological polar surface area (TPSA) is 85.4 Å². The lowest BCUT2D eigenvalue weighted by atomic mass is 10.3. The number of ether oxygens (including phenoxy) is 1. The van der Waals surface area contributed by atoms with E-state index in [-0.39, 0.29) is 4.34 Å². The van der Waals surface area contributed by atoms with Crippen LogP contribution in [0.1, 0.15) is 13.8 Å². The van der Waals surface area contributed by atoms with Crippen LogP contribution in [-0.2, 0) is 14.6 Å². The molecule has 2 rings (SSSR count). The van der Waals surface area contributed by atoms with Crippen LogP contribution in [0.2, 0.25) is 0 Å². The fourth-order valence-corrected chi connectivity index (χ4v) is 4.08. The van der Waals surface area contributed by atoms with Crippen LogP contribution in [0, 0.1) is 0 Å². The molecule has 0 radical (unpaired) electrons. The number of rotatable bonds is 6. The first-order chi connectivity index (χ1) is 10.5. The molecule has 1 atom stereocenters. The van der Waals surface area contributed by atoms with E-state index >= 15 is 0 Å². The molecule has 0 bridgehead atoms. The van der Waals surface area contributed by atoms with E-state index in [0.717, 1.165) is 11.3 Å². The van der Waals surface area contributed by atoms with Crippen LogP contribution >= 0.6 is 11.3 Å². The summed E-state index contributed by atoms with van der Waals surface area (Å²) in [6, 6.07) is 6.87. The number of carbonyl (C=O) groups excluding carboxylic acids is 1. The molecule has 22 heavy (non-hydrogen) atoms. The highest BCUT2D eigenvalue weighted by Crippen LogP contribution is 2.25. The summed E-state index contributed by atoms with van der Waals surface area (Å²) in [5, 5.41) is 2.91. The van der Waals surface area contributed by atoms with E-state index in [2.05, 4.69) is 10.3 Å². The van der Waals surface area contributed by atoms with Crippen LogP contribution in [0.4, 0.5) is 5.69 Å². The molecular formula is C14H16N2O4S2. The predicted octanol–water partition coefficient (Wildman–Crippen LogP) is 2.34. The number of nitrogens with zero attached hydrogens (tertiary/aromatic N) is 1. The number of nitrogens with one attached hydrogen (secondary N) is 1. The Labute approximate surface area is 133 Å². The number of benzene rings is 1. The van der Waals surface area contributed by atoms with Crippen molar-refractivity contribution in [3.63, 3.8) is 0 Å². The minimum absolute atomic E-state index is 0.0618. The predicted molar refractivity (Wildman–Crippen MR) is 85.0 cm³/mol. The summed E-state index contributed by atoms with van der Waals surface area (Å²) in [5.74, 6) is -0.125. The van der Waals surface area contributed by atoms with Gasteiger partial charge in [0.15, 0.2) is 0 Å². The number of carbonyl (C=O) groups is 1. The van der Waals surface area contributed by atoms with Gasteiger partial charge in [-0.15, -0.1) is 11.3 Å². The Morgan fingerprint density at radius 2 is 2.14 bits per heavy atom. The second kappa shape index (κ2) is 6.89. The minimum atomic E-state index is -3.79. The van der Waals surface area contributed by atoms with Gasteiger partial charge in [0.2, 0.25) is 20.1 Å². The molecule has 1 N–H and O–H groups in total. The Kier molecular flexibility index (Phi) is 5.15. The van der Waals surface area contributed by atoms with Crippen molar-refractivity contribution < 1.29 is 17.9 Å². The summed E-state index contributed by atoms with van der Waals surface area (Å²) in [6.45, 7) is 3.61. The van der Waals surface area contributed by atoms with E-state index in [9.17, 15) is 13.2 Å². The van der Waals surface area contributed by atoms with E-state index in [1.807, 2.05) is 6.92 Å². The van der Waals surface area contributed by atoms with Crippen LogP contribution < -0.4 is 10.1 Å². The molecule has 118 valence electrons. The van der Waals surface area contributed by atoms with Crippen molar-refractivity contribution >= 4 is 32.8 Å². The maximum Gasteiger partial charge on any atom is 0.243 e. The molecule has 1 unspecified atom stereocenters. The van der Waals surface area contributed by atoms with Gasteiger partial charge in [-0.3, -0.25) is 4.79 Å². The zero-order chi connectivity index (χ0) is 16.2. The van der Waals surface area contributed by atoms with Crippen molar-refractivity contribution in [1.29, 1.82) is 0 Å². The third-order valence-electron chi connectivity index (χ3n) is 2.93. The summed E-state index contributed by atoms with van der Waals surface area (Å²) >= 11 is 0.989. The molecule has 8 heteroatoms. The highest BCUT2D eigenvalue weighted by molar-refractivity contribution is 7.94. The van der Waals surface area contributed by atoms with Gasteiger partial charge in [0.05, 0.1) is 12.3 Å². The van der Waals surface area contributed by atoms with Gasteiger partial charge in [-0.25, -0.2) is 13.4 Å². The lowest BCUT2D eigenvalue weighted by Gasteiger charge is -2.14. The van der Waals surface area contributed by atoms with E-state index in [1.54, 1.807) is 29.6 Å². The van der Waals surface area contributed by atoms with Crippen molar-refractivity contribution in [3.05, 3.63) is 35.8 Å². The quantitative estimate of drug-likeness (QED) is 0.872. The second-order valence-electron chi connectivity index (χ2n) is 4.40. The summed E-state index contributed by atoms with van der Waals surface area (Å²) in [5.41, 5.74) is 0.440. The number of hydrogen-bond donors (Lipinski definition) is 1. The first-order valence-electron chi connectivity index (χ1n) is 6.63. The number of aromatic nitrogens is 1. The number of hydrogen-bond acceptors (Lipinski definition) is 6. The molecule has 1 aromatic heterocycles. The molecule has 1 aromatic carbocycles. The van der Waals surface area contributed by atoms with Crippen molar-refractivity contribution in [3.8, 4) is 5.75 Å². The zero-order valence-electron chi connectivity index (χ0n) is 12.1. The number of anilines is 1. The highest BCUT2D eigenvalue weighted by atomic mass is 32.2. The van der Waals surface area contributed by atoms with Crippen molar-refractivity contribution in [2.75, 3.05) is 11.9 Å². The largest absolute Gasteiger partial charge is 0.492 e. The van der Waals surface area contributed by atoms with Gasteiger partial charge in [0, 0.05) is 11.6 Å². The molecule has 0 aliphatic carbocycles. The Hall–Kier alpha value is -1.93. The standard InChI is InChI=1S/C14H16N2O4S2/c1-3-20-12-7-5-4-6-11(12)16-13(17)10(2)22(18,19)14-15-8-9-21-14/h4-10H,3H2,1-2H3,(H,16,17). The molecule has 0 fully saturated rings. The number of amides is 1. The minimum Gasteiger partial charge on any atom is -0.492 e. The monoisotopic (exact) mass is 340 g/mol. The summed E-state index contributed by atoms with van der Waals surface area (Å²) in [7, 11) is -3.79. The van der Waals surface area contributed by atoms with Crippen LogP contribution in [-0.4, -0.2) is 31.2 Å². The Balaban J connectivity index is 2.19. The maximum absolute atomic E-state index is 12.3. The fourth-order valence-electron chi connectivity index (χ4n) is 1.73. The molecule has 2 aromatic rings. The van der Waals surface area contributed by atoms with E-state index < -0.39 is 21.0 Å².